The molecule has 2 rings (SSSR count). The molecule has 3 nitrogen and oxygen atoms in total. The zero-order valence-corrected chi connectivity index (χ0v) is 10.7. The number of imidazole rings is 1. The summed E-state index contributed by atoms with van der Waals surface area (Å²) in [6, 6.07) is 0. The van der Waals surface area contributed by atoms with Gasteiger partial charge in [-0.15, -0.1) is 0 Å². The first-order chi connectivity index (χ1) is 8.75. The highest BCUT2D eigenvalue weighted by Gasteiger charge is 2.16. The molecule has 1 aromatic rings. The maximum atomic E-state index is 13.0. The predicted octanol–water partition coefficient (Wildman–Crippen LogP) is 2.54. The Labute approximate surface area is 107 Å². The van der Waals surface area contributed by atoms with E-state index in [0.29, 0.717) is 5.92 Å². The Morgan fingerprint density at radius 2 is 2.39 bits per heavy atom. The van der Waals surface area contributed by atoms with Crippen molar-refractivity contribution in [2.75, 3.05) is 13.1 Å². The van der Waals surface area contributed by atoms with E-state index >= 15 is 0 Å². The molecule has 1 heterocycles. The molecule has 0 spiro atoms. The van der Waals surface area contributed by atoms with Gasteiger partial charge in [-0.1, -0.05) is 13.0 Å². The van der Waals surface area contributed by atoms with E-state index in [4.69, 9.17) is 0 Å². The van der Waals surface area contributed by atoms with Crippen LogP contribution in [0.15, 0.2) is 42.8 Å². The number of aryl methyl sites for hydroxylation is 1. The van der Waals surface area contributed by atoms with Gasteiger partial charge in [0, 0.05) is 25.5 Å². The molecule has 0 amide bonds. The molecule has 0 aromatic carbocycles. The molecule has 0 fully saturated rings. The van der Waals surface area contributed by atoms with Crippen molar-refractivity contribution in [2.45, 2.75) is 19.9 Å². The summed E-state index contributed by atoms with van der Waals surface area (Å²) in [5.41, 5.74) is 0. The number of halogens is 1. The van der Waals surface area contributed by atoms with Gasteiger partial charge < -0.3 is 9.88 Å². The third kappa shape index (κ3) is 3.81. The van der Waals surface area contributed by atoms with Gasteiger partial charge in [0.15, 0.2) is 0 Å². The van der Waals surface area contributed by atoms with Crippen molar-refractivity contribution >= 4 is 0 Å². The van der Waals surface area contributed by atoms with Crippen molar-refractivity contribution in [1.82, 2.24) is 14.9 Å². The SMILES string of the molecule is CC1C=C(F)C=CC1CNCCCn1ccnc1. The van der Waals surface area contributed by atoms with Crippen LogP contribution in [0.5, 0.6) is 0 Å². The van der Waals surface area contributed by atoms with Crippen molar-refractivity contribution in [3.8, 4) is 0 Å². The summed E-state index contributed by atoms with van der Waals surface area (Å²) in [7, 11) is 0. The lowest BCUT2D eigenvalue weighted by Crippen LogP contribution is -2.27. The second kappa shape index (κ2) is 6.50. The van der Waals surface area contributed by atoms with E-state index in [2.05, 4.69) is 21.8 Å². The standard InChI is InChI=1S/C14H20FN3/c1-12-9-14(15)4-3-13(12)10-16-5-2-7-18-8-6-17-11-18/h3-4,6,8-9,11-13,16H,2,5,7,10H2,1H3. The molecule has 0 radical (unpaired) electrons. The van der Waals surface area contributed by atoms with Gasteiger partial charge in [0.05, 0.1) is 6.33 Å². The lowest BCUT2D eigenvalue weighted by atomic mass is 9.89. The molecule has 0 bridgehead atoms. The van der Waals surface area contributed by atoms with Crippen LogP contribution in [0.4, 0.5) is 4.39 Å². The fraction of sp³-hybridized carbons (Fsp3) is 0.500. The Morgan fingerprint density at radius 1 is 1.50 bits per heavy atom. The number of rotatable bonds is 6. The molecular formula is C14H20FN3. The monoisotopic (exact) mass is 249 g/mol. The highest BCUT2D eigenvalue weighted by atomic mass is 19.1. The van der Waals surface area contributed by atoms with Crippen molar-refractivity contribution in [1.29, 1.82) is 0 Å². The van der Waals surface area contributed by atoms with Gasteiger partial charge in [0.2, 0.25) is 0 Å². The first-order valence-corrected chi connectivity index (χ1v) is 6.47. The first-order valence-electron chi connectivity index (χ1n) is 6.47. The highest BCUT2D eigenvalue weighted by molar-refractivity contribution is 5.19. The van der Waals surface area contributed by atoms with Crippen LogP contribution in [0.3, 0.4) is 0 Å². The van der Waals surface area contributed by atoms with Crippen molar-refractivity contribution in [2.24, 2.45) is 11.8 Å². The lowest BCUT2D eigenvalue weighted by molar-refractivity contribution is 0.443. The number of hydrogen-bond donors (Lipinski definition) is 1. The minimum atomic E-state index is -0.112. The molecular weight excluding hydrogens is 229 g/mol. The van der Waals surface area contributed by atoms with Crippen LogP contribution in [0.25, 0.3) is 0 Å². The van der Waals surface area contributed by atoms with Gasteiger partial charge in [-0.2, -0.15) is 0 Å². The first kappa shape index (κ1) is 13.0. The van der Waals surface area contributed by atoms with Gasteiger partial charge >= 0.3 is 0 Å². The number of allylic oxidation sites excluding steroid dienone is 3. The number of hydrogen-bond acceptors (Lipinski definition) is 2. The minimum absolute atomic E-state index is 0.112. The van der Waals surface area contributed by atoms with Crippen LogP contribution in [-0.4, -0.2) is 22.6 Å². The van der Waals surface area contributed by atoms with Gasteiger partial charge in [0.25, 0.3) is 0 Å². The average molecular weight is 249 g/mol. The zero-order chi connectivity index (χ0) is 12.8. The summed E-state index contributed by atoms with van der Waals surface area (Å²) in [6.07, 6.45) is 11.9. The summed E-state index contributed by atoms with van der Waals surface area (Å²) in [4.78, 5) is 4.00. The lowest BCUT2D eigenvalue weighted by Gasteiger charge is -2.21. The van der Waals surface area contributed by atoms with E-state index in [1.807, 2.05) is 18.6 Å². The van der Waals surface area contributed by atoms with Crippen LogP contribution in [0, 0.1) is 11.8 Å². The normalized spacial score (nSPS) is 23.1. The fourth-order valence-corrected chi connectivity index (χ4v) is 2.15. The van der Waals surface area contributed by atoms with Crippen molar-refractivity contribution in [3.05, 3.63) is 42.8 Å². The van der Waals surface area contributed by atoms with E-state index in [-0.39, 0.29) is 11.7 Å². The molecule has 0 aliphatic heterocycles. The molecule has 1 N–H and O–H groups in total. The maximum Gasteiger partial charge on any atom is 0.119 e. The predicted molar refractivity (Wildman–Crippen MR) is 70.7 cm³/mol. The van der Waals surface area contributed by atoms with Gasteiger partial charge in [-0.05, 0) is 37.0 Å². The highest BCUT2D eigenvalue weighted by Crippen LogP contribution is 2.22. The van der Waals surface area contributed by atoms with Gasteiger partial charge in [0.1, 0.15) is 5.83 Å². The van der Waals surface area contributed by atoms with Crippen LogP contribution in [0.1, 0.15) is 13.3 Å². The summed E-state index contributed by atoms with van der Waals surface area (Å²) >= 11 is 0. The molecule has 0 saturated carbocycles. The molecule has 0 saturated heterocycles. The second-order valence-electron chi connectivity index (χ2n) is 4.79. The van der Waals surface area contributed by atoms with E-state index in [1.54, 1.807) is 18.3 Å². The zero-order valence-electron chi connectivity index (χ0n) is 10.7. The molecule has 1 aliphatic rings. The summed E-state index contributed by atoms with van der Waals surface area (Å²) < 4.78 is 15.0. The third-order valence-electron chi connectivity index (χ3n) is 3.31. The summed E-state index contributed by atoms with van der Waals surface area (Å²) in [5.74, 6) is 0.563. The number of nitrogens with one attached hydrogen (secondary N) is 1. The van der Waals surface area contributed by atoms with Gasteiger partial charge in [-0.3, -0.25) is 0 Å². The van der Waals surface area contributed by atoms with Crippen molar-refractivity contribution < 1.29 is 4.39 Å². The van der Waals surface area contributed by atoms with Crippen LogP contribution in [-0.2, 0) is 6.54 Å². The van der Waals surface area contributed by atoms with Crippen LogP contribution >= 0.6 is 0 Å². The largest absolute Gasteiger partial charge is 0.337 e. The van der Waals surface area contributed by atoms with Crippen molar-refractivity contribution in [3.63, 3.8) is 0 Å². The molecule has 2 unspecified atom stereocenters. The molecule has 4 heteroatoms. The van der Waals surface area contributed by atoms with E-state index in [0.717, 1.165) is 26.1 Å². The number of nitrogens with zero attached hydrogens (tertiary/aromatic N) is 2. The molecule has 18 heavy (non-hydrogen) atoms. The molecule has 1 aliphatic carbocycles. The summed E-state index contributed by atoms with van der Waals surface area (Å²) in [6.45, 7) is 4.92. The molecule has 98 valence electrons. The van der Waals surface area contributed by atoms with Gasteiger partial charge in [-0.25, -0.2) is 9.37 Å². The Hall–Kier alpha value is -1.42. The van der Waals surface area contributed by atoms with E-state index in [9.17, 15) is 4.39 Å². The Balaban J connectivity index is 1.60. The smallest absolute Gasteiger partial charge is 0.119 e. The Morgan fingerprint density at radius 3 is 3.11 bits per heavy atom. The minimum Gasteiger partial charge on any atom is -0.337 e. The number of aromatic nitrogens is 2. The van der Waals surface area contributed by atoms with Crippen LogP contribution in [0.2, 0.25) is 0 Å². The van der Waals surface area contributed by atoms with E-state index in [1.165, 1.54) is 0 Å². The average Bonchev–Trinajstić information content (AvgIpc) is 2.84. The van der Waals surface area contributed by atoms with E-state index < -0.39 is 0 Å². The maximum absolute atomic E-state index is 13.0. The fourth-order valence-electron chi connectivity index (χ4n) is 2.15. The summed E-state index contributed by atoms with van der Waals surface area (Å²) in [5, 5.41) is 3.43. The topological polar surface area (TPSA) is 29.9 Å². The molecule has 2 atom stereocenters. The Kier molecular flexibility index (Phi) is 4.70. The second-order valence-corrected chi connectivity index (χ2v) is 4.79. The third-order valence-corrected chi connectivity index (χ3v) is 3.31. The molecule has 1 aromatic heterocycles. The Bertz CT molecular complexity index is 409. The van der Waals surface area contributed by atoms with Crippen LogP contribution < -0.4 is 5.32 Å². The quantitative estimate of drug-likeness (QED) is 0.785.